The third-order valence-electron chi connectivity index (χ3n) is 2.22. The molecule has 0 aliphatic heterocycles. The second-order valence-corrected chi connectivity index (χ2v) is 4.38. The first-order valence-corrected chi connectivity index (χ1v) is 5.57. The van der Waals surface area contributed by atoms with E-state index >= 15 is 0 Å². The van der Waals surface area contributed by atoms with Crippen molar-refractivity contribution in [2.24, 2.45) is 16.8 Å². The molecule has 4 nitrogen and oxygen atoms in total. The maximum Gasteiger partial charge on any atom is 0.160 e. The van der Waals surface area contributed by atoms with Gasteiger partial charge >= 0.3 is 0 Å². The average Bonchev–Trinajstić information content (AvgIpc) is 2.31. The van der Waals surface area contributed by atoms with Gasteiger partial charge in [0.2, 0.25) is 0 Å². The van der Waals surface area contributed by atoms with Crippen LogP contribution in [0, 0.1) is 11.7 Å². The van der Waals surface area contributed by atoms with Crippen LogP contribution in [0.5, 0.6) is 0 Å². The quantitative estimate of drug-likeness (QED) is 0.261. The van der Waals surface area contributed by atoms with Crippen LogP contribution in [0.25, 0.3) is 0 Å². The zero-order chi connectivity index (χ0) is 13.0. The number of halogens is 3. The van der Waals surface area contributed by atoms with Gasteiger partial charge in [0.25, 0.3) is 0 Å². The van der Waals surface area contributed by atoms with E-state index in [1.54, 1.807) is 6.92 Å². The standard InChI is InChI=1S/C10H12Cl2FN3O/c1-5(10(14)16-17)4-15-6-2-7(11)9(13)8(12)3-6/h2-3,5,15,17H,4H2,1H3,(H2,14,16). The van der Waals surface area contributed by atoms with E-state index in [0.29, 0.717) is 12.2 Å². The van der Waals surface area contributed by atoms with Gasteiger partial charge in [0.15, 0.2) is 5.82 Å². The molecule has 0 saturated carbocycles. The Kier molecular flexibility index (Phi) is 4.84. The van der Waals surface area contributed by atoms with Crippen LogP contribution in [-0.4, -0.2) is 17.6 Å². The Bertz CT molecular complexity index is 417. The predicted molar refractivity (Wildman–Crippen MR) is 67.5 cm³/mol. The van der Waals surface area contributed by atoms with Gasteiger partial charge in [-0.3, -0.25) is 0 Å². The van der Waals surface area contributed by atoms with Gasteiger partial charge in [0, 0.05) is 18.2 Å². The number of hydrogen-bond acceptors (Lipinski definition) is 3. The van der Waals surface area contributed by atoms with E-state index in [4.69, 9.17) is 34.1 Å². The molecule has 17 heavy (non-hydrogen) atoms. The zero-order valence-electron chi connectivity index (χ0n) is 9.04. The van der Waals surface area contributed by atoms with Crippen LogP contribution in [0.2, 0.25) is 10.0 Å². The minimum Gasteiger partial charge on any atom is -0.409 e. The lowest BCUT2D eigenvalue weighted by atomic mass is 10.1. The second-order valence-electron chi connectivity index (χ2n) is 3.56. The molecule has 1 aromatic rings. The summed E-state index contributed by atoms with van der Waals surface area (Å²) in [6, 6.07) is 2.84. The summed E-state index contributed by atoms with van der Waals surface area (Å²) in [6.07, 6.45) is 0. The van der Waals surface area contributed by atoms with E-state index in [-0.39, 0.29) is 21.8 Å². The van der Waals surface area contributed by atoms with Crippen molar-refractivity contribution in [3.05, 3.63) is 28.0 Å². The minimum atomic E-state index is -0.650. The summed E-state index contributed by atoms with van der Waals surface area (Å²) >= 11 is 11.3. The number of rotatable bonds is 4. The third-order valence-corrected chi connectivity index (χ3v) is 2.77. The number of anilines is 1. The number of hydrogen-bond donors (Lipinski definition) is 3. The van der Waals surface area contributed by atoms with Crippen LogP contribution in [0.15, 0.2) is 17.3 Å². The zero-order valence-corrected chi connectivity index (χ0v) is 10.6. The first-order valence-electron chi connectivity index (χ1n) is 4.81. The summed E-state index contributed by atoms with van der Waals surface area (Å²) in [7, 11) is 0. The van der Waals surface area contributed by atoms with Gasteiger partial charge in [-0.05, 0) is 12.1 Å². The maximum absolute atomic E-state index is 13.1. The van der Waals surface area contributed by atoms with E-state index in [2.05, 4.69) is 10.5 Å². The SMILES string of the molecule is CC(CNc1cc(Cl)c(F)c(Cl)c1)/C(N)=N/O. The first-order chi connectivity index (χ1) is 7.95. The number of nitrogens with one attached hydrogen (secondary N) is 1. The van der Waals surface area contributed by atoms with Crippen LogP contribution in [-0.2, 0) is 0 Å². The van der Waals surface area contributed by atoms with Gasteiger partial charge in [-0.15, -0.1) is 0 Å². The topological polar surface area (TPSA) is 70.6 Å². The lowest BCUT2D eigenvalue weighted by Gasteiger charge is -2.12. The highest BCUT2D eigenvalue weighted by Gasteiger charge is 2.10. The highest BCUT2D eigenvalue weighted by atomic mass is 35.5. The van der Waals surface area contributed by atoms with Gasteiger partial charge < -0.3 is 16.3 Å². The predicted octanol–water partition coefficient (Wildman–Crippen LogP) is 2.93. The van der Waals surface area contributed by atoms with Crippen LogP contribution < -0.4 is 11.1 Å². The number of benzene rings is 1. The number of nitrogens with two attached hydrogens (primary N) is 1. The number of oxime groups is 1. The number of nitrogens with zero attached hydrogens (tertiary/aromatic N) is 1. The fourth-order valence-corrected chi connectivity index (χ4v) is 1.62. The molecule has 4 N–H and O–H groups in total. The van der Waals surface area contributed by atoms with Crippen LogP contribution in [0.4, 0.5) is 10.1 Å². The van der Waals surface area contributed by atoms with Crippen molar-refractivity contribution in [1.82, 2.24) is 0 Å². The molecule has 0 aromatic heterocycles. The van der Waals surface area contributed by atoms with Crippen LogP contribution in [0.3, 0.4) is 0 Å². The van der Waals surface area contributed by atoms with Gasteiger partial charge in [-0.1, -0.05) is 35.3 Å². The van der Waals surface area contributed by atoms with Crippen molar-refractivity contribution in [2.45, 2.75) is 6.92 Å². The van der Waals surface area contributed by atoms with Crippen LogP contribution >= 0.6 is 23.2 Å². The largest absolute Gasteiger partial charge is 0.409 e. The molecule has 1 rings (SSSR count). The second kappa shape index (κ2) is 5.93. The molecular weight excluding hydrogens is 268 g/mol. The monoisotopic (exact) mass is 279 g/mol. The normalized spacial score (nSPS) is 13.5. The van der Waals surface area contributed by atoms with Crippen molar-refractivity contribution in [3.63, 3.8) is 0 Å². The van der Waals surface area contributed by atoms with E-state index < -0.39 is 5.82 Å². The van der Waals surface area contributed by atoms with Crippen molar-refractivity contribution >= 4 is 34.7 Å². The van der Waals surface area contributed by atoms with Crippen molar-refractivity contribution in [1.29, 1.82) is 0 Å². The van der Waals surface area contributed by atoms with E-state index in [0.717, 1.165) is 0 Å². The lowest BCUT2D eigenvalue weighted by molar-refractivity contribution is 0.315. The van der Waals surface area contributed by atoms with Crippen molar-refractivity contribution < 1.29 is 9.60 Å². The van der Waals surface area contributed by atoms with Crippen molar-refractivity contribution in [2.75, 3.05) is 11.9 Å². The summed E-state index contributed by atoms with van der Waals surface area (Å²) in [5, 5.41) is 14.2. The highest BCUT2D eigenvalue weighted by molar-refractivity contribution is 6.35. The molecule has 1 aromatic carbocycles. The van der Waals surface area contributed by atoms with Crippen molar-refractivity contribution in [3.8, 4) is 0 Å². The average molecular weight is 280 g/mol. The molecule has 94 valence electrons. The summed E-state index contributed by atoms with van der Waals surface area (Å²) in [6.45, 7) is 2.18. The molecule has 0 radical (unpaired) electrons. The summed E-state index contributed by atoms with van der Waals surface area (Å²) in [5.74, 6) is -0.720. The Balaban J connectivity index is 2.71. The first kappa shape index (κ1) is 13.9. The molecule has 7 heteroatoms. The summed E-state index contributed by atoms with van der Waals surface area (Å²) in [5.41, 5.74) is 5.98. The van der Waals surface area contributed by atoms with Crippen LogP contribution in [0.1, 0.15) is 6.92 Å². The Labute approximate surface area is 108 Å². The molecule has 0 spiro atoms. The Morgan fingerprint density at radius 2 is 2.06 bits per heavy atom. The molecule has 0 aliphatic carbocycles. The maximum atomic E-state index is 13.1. The molecular formula is C10H12Cl2FN3O. The minimum absolute atomic E-state index is 0.0588. The summed E-state index contributed by atoms with van der Waals surface area (Å²) < 4.78 is 13.1. The van der Waals surface area contributed by atoms with Gasteiger partial charge in [0.1, 0.15) is 5.84 Å². The molecule has 0 amide bonds. The van der Waals surface area contributed by atoms with E-state index in [1.807, 2.05) is 0 Å². The molecule has 1 unspecified atom stereocenters. The lowest BCUT2D eigenvalue weighted by Crippen LogP contribution is -2.27. The van der Waals surface area contributed by atoms with E-state index in [9.17, 15) is 4.39 Å². The fraction of sp³-hybridized carbons (Fsp3) is 0.300. The molecule has 0 aliphatic rings. The Morgan fingerprint density at radius 3 is 2.53 bits per heavy atom. The van der Waals surface area contributed by atoms with E-state index in [1.165, 1.54) is 12.1 Å². The fourth-order valence-electron chi connectivity index (χ4n) is 1.13. The Hall–Kier alpha value is -1.20. The third kappa shape index (κ3) is 3.64. The smallest absolute Gasteiger partial charge is 0.160 e. The summed E-state index contributed by atoms with van der Waals surface area (Å²) in [4.78, 5) is 0. The number of amidine groups is 1. The van der Waals surface area contributed by atoms with Gasteiger partial charge in [0.05, 0.1) is 10.0 Å². The van der Waals surface area contributed by atoms with Gasteiger partial charge in [-0.25, -0.2) is 4.39 Å². The molecule has 1 atom stereocenters. The Morgan fingerprint density at radius 1 is 1.53 bits per heavy atom. The molecule has 0 heterocycles. The molecule has 0 fully saturated rings. The molecule has 0 saturated heterocycles. The highest BCUT2D eigenvalue weighted by Crippen LogP contribution is 2.27. The molecule has 0 bridgehead atoms. The van der Waals surface area contributed by atoms with Gasteiger partial charge in [-0.2, -0.15) is 0 Å².